The van der Waals surface area contributed by atoms with Crippen molar-refractivity contribution in [1.82, 2.24) is 9.97 Å². The fourth-order valence-electron chi connectivity index (χ4n) is 3.37. The highest BCUT2D eigenvalue weighted by Gasteiger charge is 2.12. The highest BCUT2D eigenvalue weighted by molar-refractivity contribution is 5.92. The molecule has 1 N–H and O–H groups in total. The van der Waals surface area contributed by atoms with E-state index in [1.54, 1.807) is 6.33 Å². The van der Waals surface area contributed by atoms with Crippen LogP contribution >= 0.6 is 0 Å². The van der Waals surface area contributed by atoms with Gasteiger partial charge < -0.3 is 14.8 Å². The molecule has 4 rings (SSSR count). The molecule has 0 amide bonds. The van der Waals surface area contributed by atoms with Crippen LogP contribution in [0.4, 0.5) is 5.82 Å². The van der Waals surface area contributed by atoms with Crippen molar-refractivity contribution in [2.24, 2.45) is 0 Å². The topological polar surface area (TPSA) is 56.3 Å². The molecule has 0 aliphatic heterocycles. The van der Waals surface area contributed by atoms with Crippen LogP contribution in [0, 0.1) is 0 Å². The summed E-state index contributed by atoms with van der Waals surface area (Å²) in [5.74, 6) is 2.19. The smallest absolute Gasteiger partial charge is 0.163 e. The Labute approximate surface area is 164 Å². The van der Waals surface area contributed by atoms with Gasteiger partial charge in [0.15, 0.2) is 11.5 Å². The predicted molar refractivity (Wildman–Crippen MR) is 113 cm³/mol. The van der Waals surface area contributed by atoms with Crippen molar-refractivity contribution in [2.45, 2.75) is 20.4 Å². The van der Waals surface area contributed by atoms with Gasteiger partial charge >= 0.3 is 0 Å². The van der Waals surface area contributed by atoms with Crippen LogP contribution in [0.2, 0.25) is 0 Å². The number of nitrogens with zero attached hydrogens (tertiary/aromatic N) is 2. The number of benzene rings is 3. The molecule has 0 fully saturated rings. The number of nitrogens with one attached hydrogen (secondary N) is 1. The van der Waals surface area contributed by atoms with Crippen LogP contribution in [0.15, 0.2) is 60.9 Å². The van der Waals surface area contributed by atoms with Gasteiger partial charge in [0.2, 0.25) is 0 Å². The highest BCUT2D eigenvalue weighted by Crippen LogP contribution is 2.34. The van der Waals surface area contributed by atoms with E-state index in [4.69, 9.17) is 9.47 Å². The number of rotatable bonds is 7. The van der Waals surface area contributed by atoms with Gasteiger partial charge in [-0.1, -0.05) is 42.5 Å². The van der Waals surface area contributed by atoms with Crippen molar-refractivity contribution in [2.75, 3.05) is 18.5 Å². The molecule has 0 saturated carbocycles. The number of fused-ring (bicyclic) bond motifs is 2. The SMILES string of the molecule is CCOc1cc2ncnc(NCc3cccc4ccccc34)c2cc1OCC. The Morgan fingerprint density at radius 1 is 0.821 bits per heavy atom. The molecule has 0 atom stereocenters. The lowest BCUT2D eigenvalue weighted by Gasteiger charge is -2.14. The molecule has 5 nitrogen and oxygen atoms in total. The van der Waals surface area contributed by atoms with Gasteiger partial charge in [-0.25, -0.2) is 9.97 Å². The van der Waals surface area contributed by atoms with E-state index in [1.165, 1.54) is 16.3 Å². The first-order valence-electron chi connectivity index (χ1n) is 9.55. The number of ether oxygens (including phenoxy) is 2. The van der Waals surface area contributed by atoms with Crippen LogP contribution in [0.5, 0.6) is 11.5 Å². The molecular formula is C23H23N3O2. The van der Waals surface area contributed by atoms with Gasteiger partial charge in [0.25, 0.3) is 0 Å². The first kappa shape index (κ1) is 18.0. The lowest BCUT2D eigenvalue weighted by molar-refractivity contribution is 0.288. The molecule has 0 radical (unpaired) electrons. The van der Waals surface area contributed by atoms with Crippen molar-refractivity contribution in [3.63, 3.8) is 0 Å². The monoisotopic (exact) mass is 373 g/mol. The Balaban J connectivity index is 1.69. The van der Waals surface area contributed by atoms with Gasteiger partial charge in [0.1, 0.15) is 12.1 Å². The molecule has 0 bridgehead atoms. The third kappa shape index (κ3) is 3.56. The number of anilines is 1. The zero-order valence-electron chi connectivity index (χ0n) is 16.1. The number of hydrogen-bond donors (Lipinski definition) is 1. The van der Waals surface area contributed by atoms with Gasteiger partial charge in [-0.2, -0.15) is 0 Å². The molecule has 1 aromatic heterocycles. The van der Waals surface area contributed by atoms with E-state index >= 15 is 0 Å². The van der Waals surface area contributed by atoms with E-state index in [-0.39, 0.29) is 0 Å². The Bertz CT molecular complexity index is 1110. The molecule has 0 aliphatic carbocycles. The molecule has 5 heteroatoms. The summed E-state index contributed by atoms with van der Waals surface area (Å²) < 4.78 is 11.5. The Morgan fingerprint density at radius 3 is 2.39 bits per heavy atom. The fraction of sp³-hybridized carbons (Fsp3) is 0.217. The fourth-order valence-corrected chi connectivity index (χ4v) is 3.37. The van der Waals surface area contributed by atoms with E-state index in [9.17, 15) is 0 Å². The van der Waals surface area contributed by atoms with E-state index < -0.39 is 0 Å². The van der Waals surface area contributed by atoms with Crippen molar-refractivity contribution in [3.8, 4) is 11.5 Å². The van der Waals surface area contributed by atoms with Crippen molar-refractivity contribution in [3.05, 3.63) is 66.5 Å². The Kier molecular flexibility index (Phi) is 5.24. The summed E-state index contributed by atoms with van der Waals surface area (Å²) in [6.45, 7) is 5.73. The second-order valence-corrected chi connectivity index (χ2v) is 6.40. The molecule has 1 heterocycles. The maximum Gasteiger partial charge on any atom is 0.163 e. The van der Waals surface area contributed by atoms with E-state index in [0.29, 0.717) is 31.3 Å². The second-order valence-electron chi connectivity index (χ2n) is 6.40. The minimum Gasteiger partial charge on any atom is -0.490 e. The van der Waals surface area contributed by atoms with E-state index in [0.717, 1.165) is 16.7 Å². The molecule has 0 spiro atoms. The third-order valence-corrected chi connectivity index (χ3v) is 4.63. The highest BCUT2D eigenvalue weighted by atomic mass is 16.5. The van der Waals surface area contributed by atoms with Crippen molar-refractivity contribution in [1.29, 1.82) is 0 Å². The third-order valence-electron chi connectivity index (χ3n) is 4.63. The van der Waals surface area contributed by atoms with Gasteiger partial charge in [-0.3, -0.25) is 0 Å². The second kappa shape index (κ2) is 8.13. The Hall–Kier alpha value is -3.34. The maximum absolute atomic E-state index is 5.76. The lowest BCUT2D eigenvalue weighted by Crippen LogP contribution is -2.04. The Morgan fingerprint density at radius 2 is 1.57 bits per heavy atom. The first-order chi connectivity index (χ1) is 13.8. The zero-order valence-corrected chi connectivity index (χ0v) is 16.1. The van der Waals surface area contributed by atoms with Crippen LogP contribution in [-0.4, -0.2) is 23.2 Å². The molecule has 0 saturated heterocycles. The summed E-state index contributed by atoms with van der Waals surface area (Å²) in [6.07, 6.45) is 1.57. The van der Waals surface area contributed by atoms with Crippen LogP contribution in [0.3, 0.4) is 0 Å². The minimum atomic E-state index is 0.567. The van der Waals surface area contributed by atoms with Crippen LogP contribution in [0.25, 0.3) is 21.7 Å². The minimum absolute atomic E-state index is 0.567. The lowest BCUT2D eigenvalue weighted by atomic mass is 10.0. The normalized spacial score (nSPS) is 10.9. The molecular weight excluding hydrogens is 350 g/mol. The van der Waals surface area contributed by atoms with Crippen molar-refractivity contribution >= 4 is 27.5 Å². The zero-order chi connectivity index (χ0) is 19.3. The first-order valence-corrected chi connectivity index (χ1v) is 9.55. The molecule has 28 heavy (non-hydrogen) atoms. The molecule has 142 valence electrons. The average molecular weight is 373 g/mol. The quantitative estimate of drug-likeness (QED) is 0.483. The predicted octanol–water partition coefficient (Wildman–Crippen LogP) is 5.19. The maximum atomic E-state index is 5.76. The number of aromatic nitrogens is 2. The standard InChI is InChI=1S/C23H23N3O2/c1-3-27-21-12-19-20(13-22(21)28-4-2)25-15-26-23(19)24-14-17-10-7-9-16-8-5-6-11-18(16)17/h5-13,15H,3-4,14H2,1-2H3,(H,24,25,26). The molecule has 0 unspecified atom stereocenters. The largest absolute Gasteiger partial charge is 0.490 e. The number of hydrogen-bond acceptors (Lipinski definition) is 5. The van der Waals surface area contributed by atoms with Crippen LogP contribution in [-0.2, 0) is 6.54 Å². The van der Waals surface area contributed by atoms with Crippen LogP contribution < -0.4 is 14.8 Å². The summed E-state index contributed by atoms with van der Waals surface area (Å²) in [4.78, 5) is 8.86. The molecule has 3 aromatic carbocycles. The summed E-state index contributed by atoms with van der Waals surface area (Å²) in [7, 11) is 0. The van der Waals surface area contributed by atoms with E-state index in [1.807, 2.05) is 26.0 Å². The molecule has 4 aromatic rings. The summed E-state index contributed by atoms with van der Waals surface area (Å²) in [5.41, 5.74) is 2.04. The summed E-state index contributed by atoms with van der Waals surface area (Å²) >= 11 is 0. The van der Waals surface area contributed by atoms with Gasteiger partial charge in [-0.15, -0.1) is 0 Å². The van der Waals surface area contributed by atoms with E-state index in [2.05, 4.69) is 57.7 Å². The summed E-state index contributed by atoms with van der Waals surface area (Å²) in [5, 5.41) is 6.85. The average Bonchev–Trinajstić information content (AvgIpc) is 2.73. The van der Waals surface area contributed by atoms with Gasteiger partial charge in [0, 0.05) is 18.0 Å². The van der Waals surface area contributed by atoms with Gasteiger partial charge in [-0.05, 0) is 36.2 Å². The molecule has 0 aliphatic rings. The van der Waals surface area contributed by atoms with Gasteiger partial charge in [0.05, 0.1) is 18.7 Å². The summed E-state index contributed by atoms with van der Waals surface area (Å²) in [6, 6.07) is 18.6. The van der Waals surface area contributed by atoms with Crippen molar-refractivity contribution < 1.29 is 9.47 Å². The van der Waals surface area contributed by atoms with Crippen LogP contribution in [0.1, 0.15) is 19.4 Å².